The lowest BCUT2D eigenvalue weighted by Gasteiger charge is -2.08. The number of nitrogens with one attached hydrogen (secondary N) is 1. The smallest absolute Gasteiger partial charge is 0.411 e. The average Bonchev–Trinajstić information content (AvgIpc) is 2.54. The van der Waals surface area contributed by atoms with E-state index >= 15 is 0 Å². The SMILES string of the molecule is COc1ccc(COC(=O)Nc2ccc(CN)cc2)cc1. The molecule has 1 amide bonds. The van der Waals surface area contributed by atoms with E-state index in [9.17, 15) is 4.79 Å². The summed E-state index contributed by atoms with van der Waals surface area (Å²) in [5.41, 5.74) is 8.09. The van der Waals surface area contributed by atoms with Crippen molar-refractivity contribution in [2.75, 3.05) is 12.4 Å². The van der Waals surface area contributed by atoms with Crippen LogP contribution in [0.1, 0.15) is 11.1 Å². The molecule has 5 nitrogen and oxygen atoms in total. The summed E-state index contributed by atoms with van der Waals surface area (Å²) < 4.78 is 10.2. The minimum Gasteiger partial charge on any atom is -0.497 e. The number of nitrogens with two attached hydrogens (primary N) is 1. The van der Waals surface area contributed by atoms with Gasteiger partial charge in [0.1, 0.15) is 12.4 Å². The molecule has 0 atom stereocenters. The number of ether oxygens (including phenoxy) is 2. The van der Waals surface area contributed by atoms with Crippen molar-refractivity contribution in [3.8, 4) is 5.75 Å². The molecule has 0 spiro atoms. The van der Waals surface area contributed by atoms with Crippen LogP contribution in [0.2, 0.25) is 0 Å². The molecule has 2 rings (SSSR count). The molecule has 0 saturated carbocycles. The van der Waals surface area contributed by atoms with Crippen molar-refractivity contribution in [2.45, 2.75) is 13.2 Å². The highest BCUT2D eigenvalue weighted by Crippen LogP contribution is 2.13. The quantitative estimate of drug-likeness (QED) is 0.886. The number of hydrogen-bond donors (Lipinski definition) is 2. The lowest BCUT2D eigenvalue weighted by Crippen LogP contribution is -2.13. The maximum atomic E-state index is 11.7. The maximum absolute atomic E-state index is 11.7. The van der Waals surface area contributed by atoms with E-state index in [-0.39, 0.29) is 6.61 Å². The van der Waals surface area contributed by atoms with E-state index in [1.807, 2.05) is 36.4 Å². The van der Waals surface area contributed by atoms with Crippen LogP contribution in [-0.4, -0.2) is 13.2 Å². The molecule has 0 aliphatic rings. The van der Waals surface area contributed by atoms with Gasteiger partial charge in [-0.15, -0.1) is 0 Å². The minimum atomic E-state index is -0.494. The van der Waals surface area contributed by atoms with Crippen LogP contribution in [0, 0.1) is 0 Å². The second-order valence-electron chi connectivity index (χ2n) is 4.45. The second kappa shape index (κ2) is 7.31. The van der Waals surface area contributed by atoms with Crippen molar-refractivity contribution < 1.29 is 14.3 Å². The highest BCUT2D eigenvalue weighted by atomic mass is 16.5. The van der Waals surface area contributed by atoms with Gasteiger partial charge in [-0.3, -0.25) is 5.32 Å². The molecule has 0 aromatic heterocycles. The summed E-state index contributed by atoms with van der Waals surface area (Å²) in [4.78, 5) is 11.7. The summed E-state index contributed by atoms with van der Waals surface area (Å²) in [7, 11) is 1.61. The number of carbonyl (C=O) groups is 1. The molecule has 110 valence electrons. The molecule has 2 aromatic carbocycles. The van der Waals surface area contributed by atoms with Crippen LogP contribution in [0.25, 0.3) is 0 Å². The molecule has 3 N–H and O–H groups in total. The molecule has 0 saturated heterocycles. The van der Waals surface area contributed by atoms with Crippen LogP contribution < -0.4 is 15.8 Å². The van der Waals surface area contributed by atoms with Gasteiger partial charge in [0, 0.05) is 12.2 Å². The first kappa shape index (κ1) is 14.9. The number of benzene rings is 2. The fraction of sp³-hybridized carbons (Fsp3) is 0.188. The largest absolute Gasteiger partial charge is 0.497 e. The van der Waals surface area contributed by atoms with Crippen LogP contribution in [0.3, 0.4) is 0 Å². The van der Waals surface area contributed by atoms with Gasteiger partial charge in [0.2, 0.25) is 0 Å². The Balaban J connectivity index is 1.83. The Hall–Kier alpha value is -2.53. The summed E-state index contributed by atoms with van der Waals surface area (Å²) in [6.07, 6.45) is -0.494. The third-order valence-corrected chi connectivity index (χ3v) is 2.97. The van der Waals surface area contributed by atoms with Crippen LogP contribution in [0.5, 0.6) is 5.75 Å². The van der Waals surface area contributed by atoms with E-state index in [4.69, 9.17) is 15.2 Å². The van der Waals surface area contributed by atoms with E-state index in [2.05, 4.69) is 5.32 Å². The van der Waals surface area contributed by atoms with Gasteiger partial charge < -0.3 is 15.2 Å². The molecule has 2 aromatic rings. The topological polar surface area (TPSA) is 73.6 Å². The van der Waals surface area contributed by atoms with Gasteiger partial charge in [0.25, 0.3) is 0 Å². The number of carbonyl (C=O) groups excluding carboxylic acids is 1. The summed E-state index contributed by atoms with van der Waals surface area (Å²) in [5, 5.41) is 2.66. The van der Waals surface area contributed by atoms with Crippen LogP contribution in [-0.2, 0) is 17.9 Å². The van der Waals surface area contributed by atoms with Gasteiger partial charge in [-0.2, -0.15) is 0 Å². The van der Waals surface area contributed by atoms with E-state index < -0.39 is 6.09 Å². The minimum absolute atomic E-state index is 0.205. The normalized spacial score (nSPS) is 10.0. The van der Waals surface area contributed by atoms with Crippen LogP contribution in [0.4, 0.5) is 10.5 Å². The fourth-order valence-electron chi connectivity index (χ4n) is 1.75. The molecule has 0 heterocycles. The van der Waals surface area contributed by atoms with Gasteiger partial charge in [0.05, 0.1) is 7.11 Å². The van der Waals surface area contributed by atoms with Gasteiger partial charge in [-0.25, -0.2) is 4.79 Å². The number of rotatable bonds is 5. The van der Waals surface area contributed by atoms with Crippen molar-refractivity contribution in [2.24, 2.45) is 5.73 Å². The predicted molar refractivity (Wildman–Crippen MR) is 81.1 cm³/mol. The standard InChI is InChI=1S/C16H18N2O3/c1-20-15-8-4-13(5-9-15)11-21-16(19)18-14-6-2-12(10-17)3-7-14/h2-9H,10-11,17H2,1H3,(H,18,19). The number of anilines is 1. The molecule has 5 heteroatoms. The van der Waals surface area contributed by atoms with Gasteiger partial charge >= 0.3 is 6.09 Å². The Bertz CT molecular complexity index is 579. The lowest BCUT2D eigenvalue weighted by molar-refractivity contribution is 0.155. The number of hydrogen-bond acceptors (Lipinski definition) is 4. The third kappa shape index (κ3) is 4.50. The number of amides is 1. The first-order chi connectivity index (χ1) is 10.2. The Morgan fingerprint density at radius 2 is 1.67 bits per heavy atom. The zero-order valence-corrected chi connectivity index (χ0v) is 11.8. The van der Waals surface area contributed by atoms with Crippen molar-refractivity contribution in [1.82, 2.24) is 0 Å². The zero-order valence-electron chi connectivity index (χ0n) is 11.8. The Morgan fingerprint density at radius 1 is 1.05 bits per heavy atom. The summed E-state index contributed by atoms with van der Waals surface area (Å²) >= 11 is 0. The lowest BCUT2D eigenvalue weighted by atomic mass is 10.2. The van der Waals surface area contributed by atoms with E-state index in [0.717, 1.165) is 16.9 Å². The average molecular weight is 286 g/mol. The first-order valence-electron chi connectivity index (χ1n) is 6.57. The highest BCUT2D eigenvalue weighted by Gasteiger charge is 2.04. The molecule has 0 bridgehead atoms. The van der Waals surface area contributed by atoms with Crippen molar-refractivity contribution in [3.63, 3.8) is 0 Å². The Morgan fingerprint density at radius 3 is 2.24 bits per heavy atom. The first-order valence-corrected chi connectivity index (χ1v) is 6.57. The molecule has 0 fully saturated rings. The van der Waals surface area contributed by atoms with Crippen LogP contribution >= 0.6 is 0 Å². The fourth-order valence-corrected chi connectivity index (χ4v) is 1.75. The highest BCUT2D eigenvalue weighted by molar-refractivity contribution is 5.84. The maximum Gasteiger partial charge on any atom is 0.411 e. The van der Waals surface area contributed by atoms with E-state index in [1.165, 1.54) is 0 Å². The monoisotopic (exact) mass is 286 g/mol. The zero-order chi connectivity index (χ0) is 15.1. The van der Waals surface area contributed by atoms with Crippen molar-refractivity contribution in [1.29, 1.82) is 0 Å². The summed E-state index contributed by atoms with van der Waals surface area (Å²) in [5.74, 6) is 0.767. The van der Waals surface area contributed by atoms with Gasteiger partial charge in [-0.05, 0) is 35.4 Å². The van der Waals surface area contributed by atoms with Crippen LogP contribution in [0.15, 0.2) is 48.5 Å². The summed E-state index contributed by atoms with van der Waals surface area (Å²) in [6, 6.07) is 14.6. The van der Waals surface area contributed by atoms with Crippen molar-refractivity contribution >= 4 is 11.8 Å². The molecular weight excluding hydrogens is 268 g/mol. The van der Waals surface area contributed by atoms with Crippen molar-refractivity contribution in [3.05, 3.63) is 59.7 Å². The molecule has 21 heavy (non-hydrogen) atoms. The third-order valence-electron chi connectivity index (χ3n) is 2.97. The summed E-state index contributed by atoms with van der Waals surface area (Å²) in [6.45, 7) is 0.679. The molecule has 0 aliphatic heterocycles. The van der Waals surface area contributed by atoms with Gasteiger partial charge in [0.15, 0.2) is 0 Å². The Labute approximate surface area is 123 Å². The Kier molecular flexibility index (Phi) is 5.17. The molecule has 0 aliphatic carbocycles. The molecule has 0 radical (unpaired) electrons. The van der Waals surface area contributed by atoms with Gasteiger partial charge in [-0.1, -0.05) is 24.3 Å². The second-order valence-corrected chi connectivity index (χ2v) is 4.45. The number of methoxy groups -OCH3 is 1. The van der Waals surface area contributed by atoms with E-state index in [0.29, 0.717) is 12.2 Å². The predicted octanol–water partition coefficient (Wildman–Crippen LogP) is 2.90. The van der Waals surface area contributed by atoms with E-state index in [1.54, 1.807) is 19.2 Å². The molecule has 0 unspecified atom stereocenters. The molecular formula is C16H18N2O3.